The molecule has 1 aromatic carbocycles. The molecule has 2 aromatic heterocycles. The predicted molar refractivity (Wildman–Crippen MR) is 102 cm³/mol. The first-order valence-electron chi connectivity index (χ1n) is 9.42. The molecule has 3 heterocycles. The normalized spacial score (nSPS) is 16.4. The number of fused-ring (bicyclic) bond motifs is 1. The summed E-state index contributed by atoms with van der Waals surface area (Å²) in [6.07, 6.45) is 3.59. The smallest absolute Gasteiger partial charge is 0.260 e. The molecule has 3 aromatic rings. The van der Waals surface area contributed by atoms with Gasteiger partial charge in [0, 0.05) is 25.8 Å². The van der Waals surface area contributed by atoms with E-state index in [0.29, 0.717) is 24.6 Å². The molecule has 1 saturated heterocycles. The summed E-state index contributed by atoms with van der Waals surface area (Å²) >= 11 is 0. The molecule has 0 spiro atoms. The van der Waals surface area contributed by atoms with E-state index >= 15 is 0 Å². The van der Waals surface area contributed by atoms with Gasteiger partial charge in [0.1, 0.15) is 6.33 Å². The Morgan fingerprint density at radius 1 is 1.36 bits per heavy atom. The number of hydrogen-bond donors (Lipinski definition) is 0. The number of hydrogen-bond acceptors (Lipinski definition) is 6. The van der Waals surface area contributed by atoms with Gasteiger partial charge in [-0.25, -0.2) is 0 Å². The second-order valence-corrected chi connectivity index (χ2v) is 6.99. The molecular formula is C20H23N5O3. The standard InChI is InChI=1S/C20H23N5O3/c1-15-4-2-5-16(10-15)11-24(12-17-6-3-9-27-17)20(26)13-28-19-8-7-18-22-21-14-25(18)23-19/h2,4-5,7-8,10,14,17H,3,6,9,11-13H2,1H3. The van der Waals surface area contributed by atoms with Crippen LogP contribution in [0.1, 0.15) is 24.0 Å². The van der Waals surface area contributed by atoms with Crippen LogP contribution in [0.4, 0.5) is 0 Å². The van der Waals surface area contributed by atoms with Crippen molar-refractivity contribution >= 4 is 11.6 Å². The highest BCUT2D eigenvalue weighted by atomic mass is 16.5. The van der Waals surface area contributed by atoms with Crippen LogP contribution in [-0.2, 0) is 16.1 Å². The van der Waals surface area contributed by atoms with E-state index < -0.39 is 0 Å². The average molecular weight is 381 g/mol. The van der Waals surface area contributed by atoms with Crippen LogP contribution in [0.15, 0.2) is 42.7 Å². The van der Waals surface area contributed by atoms with Crippen LogP contribution < -0.4 is 4.74 Å². The number of carbonyl (C=O) groups is 1. The minimum Gasteiger partial charge on any atom is -0.467 e. The summed E-state index contributed by atoms with van der Waals surface area (Å²) in [5.74, 6) is 0.260. The van der Waals surface area contributed by atoms with Crippen LogP contribution in [0.5, 0.6) is 5.88 Å². The van der Waals surface area contributed by atoms with Gasteiger partial charge in [-0.1, -0.05) is 29.8 Å². The second-order valence-electron chi connectivity index (χ2n) is 6.99. The highest BCUT2D eigenvalue weighted by Gasteiger charge is 2.23. The number of rotatable bonds is 7. The van der Waals surface area contributed by atoms with Crippen LogP contribution >= 0.6 is 0 Å². The van der Waals surface area contributed by atoms with Gasteiger partial charge in [-0.3, -0.25) is 4.79 Å². The van der Waals surface area contributed by atoms with Gasteiger partial charge >= 0.3 is 0 Å². The second kappa shape index (κ2) is 8.35. The third kappa shape index (κ3) is 4.45. The van der Waals surface area contributed by atoms with Gasteiger partial charge in [0.25, 0.3) is 5.91 Å². The zero-order valence-electron chi connectivity index (χ0n) is 15.8. The zero-order chi connectivity index (χ0) is 19.3. The first kappa shape index (κ1) is 18.4. The molecule has 0 radical (unpaired) electrons. The highest BCUT2D eigenvalue weighted by Crippen LogP contribution is 2.16. The van der Waals surface area contributed by atoms with Gasteiger partial charge < -0.3 is 14.4 Å². The molecule has 0 aliphatic carbocycles. The van der Waals surface area contributed by atoms with Crippen molar-refractivity contribution in [3.05, 3.63) is 53.9 Å². The summed E-state index contributed by atoms with van der Waals surface area (Å²) < 4.78 is 12.9. The first-order valence-corrected chi connectivity index (χ1v) is 9.42. The van der Waals surface area contributed by atoms with Gasteiger partial charge in [-0.15, -0.1) is 15.3 Å². The molecule has 1 atom stereocenters. The lowest BCUT2D eigenvalue weighted by atomic mass is 10.1. The van der Waals surface area contributed by atoms with E-state index in [1.54, 1.807) is 12.1 Å². The lowest BCUT2D eigenvalue weighted by Crippen LogP contribution is -2.39. The van der Waals surface area contributed by atoms with E-state index in [1.807, 2.05) is 30.0 Å². The summed E-state index contributed by atoms with van der Waals surface area (Å²) in [4.78, 5) is 14.7. The van der Waals surface area contributed by atoms with E-state index in [0.717, 1.165) is 25.0 Å². The molecule has 146 valence electrons. The monoisotopic (exact) mass is 381 g/mol. The number of benzene rings is 1. The highest BCUT2D eigenvalue weighted by molar-refractivity contribution is 5.77. The lowest BCUT2D eigenvalue weighted by molar-refractivity contribution is -0.135. The van der Waals surface area contributed by atoms with Crippen molar-refractivity contribution in [2.45, 2.75) is 32.4 Å². The number of carbonyl (C=O) groups excluding carboxylic acids is 1. The van der Waals surface area contributed by atoms with Crippen LogP contribution in [0.3, 0.4) is 0 Å². The van der Waals surface area contributed by atoms with E-state index in [2.05, 4.69) is 21.4 Å². The fourth-order valence-electron chi connectivity index (χ4n) is 3.33. The molecule has 1 aliphatic rings. The number of ether oxygens (including phenoxy) is 2. The van der Waals surface area contributed by atoms with Crippen LogP contribution in [-0.4, -0.2) is 56.5 Å². The van der Waals surface area contributed by atoms with Gasteiger partial charge in [-0.05, 0) is 31.4 Å². The Hall–Kier alpha value is -3.00. The van der Waals surface area contributed by atoms with Gasteiger partial charge in [0.05, 0.1) is 6.10 Å². The van der Waals surface area contributed by atoms with Crippen molar-refractivity contribution in [1.29, 1.82) is 0 Å². The van der Waals surface area contributed by atoms with Crippen LogP contribution in [0, 0.1) is 6.92 Å². The van der Waals surface area contributed by atoms with Crippen molar-refractivity contribution in [3.8, 4) is 5.88 Å². The van der Waals surface area contributed by atoms with Crippen molar-refractivity contribution in [2.75, 3.05) is 19.8 Å². The minimum absolute atomic E-state index is 0.0836. The van der Waals surface area contributed by atoms with Crippen molar-refractivity contribution < 1.29 is 14.3 Å². The molecule has 0 bridgehead atoms. The molecule has 28 heavy (non-hydrogen) atoms. The fourth-order valence-corrected chi connectivity index (χ4v) is 3.33. The van der Waals surface area contributed by atoms with Crippen molar-refractivity contribution in [3.63, 3.8) is 0 Å². The summed E-state index contributed by atoms with van der Waals surface area (Å²) in [5.41, 5.74) is 2.89. The third-order valence-electron chi connectivity index (χ3n) is 4.74. The van der Waals surface area contributed by atoms with E-state index in [9.17, 15) is 4.79 Å². The largest absolute Gasteiger partial charge is 0.467 e. The topological polar surface area (TPSA) is 81.8 Å². The Morgan fingerprint density at radius 2 is 2.29 bits per heavy atom. The van der Waals surface area contributed by atoms with E-state index in [1.165, 1.54) is 16.4 Å². The summed E-state index contributed by atoms with van der Waals surface area (Å²) in [7, 11) is 0. The minimum atomic E-state index is -0.0948. The quantitative estimate of drug-likeness (QED) is 0.623. The van der Waals surface area contributed by atoms with Crippen molar-refractivity contribution in [2.24, 2.45) is 0 Å². The molecule has 0 saturated carbocycles. The maximum absolute atomic E-state index is 12.9. The van der Waals surface area contributed by atoms with E-state index in [-0.39, 0.29) is 18.6 Å². The molecular weight excluding hydrogens is 358 g/mol. The third-order valence-corrected chi connectivity index (χ3v) is 4.74. The predicted octanol–water partition coefficient (Wildman–Crippen LogP) is 2.02. The molecule has 0 N–H and O–H groups in total. The molecule has 4 rings (SSSR count). The maximum Gasteiger partial charge on any atom is 0.260 e. The molecule has 1 amide bonds. The summed E-state index contributed by atoms with van der Waals surface area (Å²) in [5, 5.41) is 11.9. The molecule has 1 fully saturated rings. The van der Waals surface area contributed by atoms with Gasteiger partial charge in [0.2, 0.25) is 5.88 Å². The molecule has 1 aliphatic heterocycles. The molecule has 8 nitrogen and oxygen atoms in total. The Balaban J connectivity index is 1.43. The van der Waals surface area contributed by atoms with E-state index in [4.69, 9.17) is 9.47 Å². The van der Waals surface area contributed by atoms with Crippen LogP contribution in [0.2, 0.25) is 0 Å². The summed E-state index contributed by atoms with van der Waals surface area (Å²) in [6.45, 7) is 3.82. The Morgan fingerprint density at radius 3 is 3.11 bits per heavy atom. The molecule has 1 unspecified atom stereocenters. The average Bonchev–Trinajstić information content (AvgIpc) is 3.37. The van der Waals surface area contributed by atoms with Gasteiger partial charge in [-0.2, -0.15) is 4.52 Å². The SMILES string of the molecule is Cc1cccc(CN(CC2CCCO2)C(=O)COc2ccc3nncn3n2)c1. The lowest BCUT2D eigenvalue weighted by Gasteiger charge is -2.25. The first-order chi connectivity index (χ1) is 13.7. The number of nitrogens with zero attached hydrogens (tertiary/aromatic N) is 5. The maximum atomic E-state index is 12.9. The Labute approximate surface area is 163 Å². The Bertz CT molecular complexity index is 952. The zero-order valence-corrected chi connectivity index (χ0v) is 15.8. The number of aryl methyl sites for hydroxylation is 1. The summed E-state index contributed by atoms with van der Waals surface area (Å²) in [6, 6.07) is 11.6. The Kier molecular flexibility index (Phi) is 5.48. The van der Waals surface area contributed by atoms with Gasteiger partial charge in [0.15, 0.2) is 12.3 Å². The van der Waals surface area contributed by atoms with Crippen LogP contribution in [0.25, 0.3) is 5.65 Å². The number of amides is 1. The fraction of sp³-hybridized carbons (Fsp3) is 0.400. The molecule has 8 heteroatoms. The van der Waals surface area contributed by atoms with Crippen molar-refractivity contribution in [1.82, 2.24) is 24.7 Å². The number of aromatic nitrogens is 4.